The van der Waals surface area contributed by atoms with E-state index in [4.69, 9.17) is 9.97 Å². The van der Waals surface area contributed by atoms with Gasteiger partial charge in [0.05, 0.1) is 0 Å². The molecule has 0 fully saturated rings. The van der Waals surface area contributed by atoms with Gasteiger partial charge in [0, 0.05) is 33.4 Å². The third-order valence-corrected chi connectivity index (χ3v) is 7.10. The van der Waals surface area contributed by atoms with Crippen LogP contribution in [-0.2, 0) is 0 Å². The fourth-order valence-corrected chi connectivity index (χ4v) is 5.00. The molecule has 3 heterocycles. The molecular formula is C33H27N9. The Bertz CT molecular complexity index is 2050. The van der Waals surface area contributed by atoms with Crippen molar-refractivity contribution in [1.29, 1.82) is 0 Å². The SMILES string of the molecule is Cc1cccc(-c2n[nH]c(-c3ccc(-c4nnc(-c5cccc(C)c5)[nH]4)c(-c4nc(-c5cccc(C)c5)n[nH]4)c3)n2)c1. The van der Waals surface area contributed by atoms with E-state index in [0.717, 1.165) is 50.1 Å². The van der Waals surface area contributed by atoms with Gasteiger partial charge in [0.2, 0.25) is 0 Å². The Labute approximate surface area is 242 Å². The zero-order valence-electron chi connectivity index (χ0n) is 23.3. The first-order valence-electron chi connectivity index (χ1n) is 13.6. The van der Waals surface area contributed by atoms with Crippen LogP contribution in [0.3, 0.4) is 0 Å². The molecule has 9 heteroatoms. The minimum atomic E-state index is 0.607. The lowest BCUT2D eigenvalue weighted by molar-refractivity contribution is 1.09. The van der Waals surface area contributed by atoms with Crippen molar-refractivity contribution in [2.24, 2.45) is 0 Å². The quantitative estimate of drug-likeness (QED) is 0.206. The van der Waals surface area contributed by atoms with E-state index in [1.54, 1.807) is 0 Å². The maximum absolute atomic E-state index is 4.88. The first-order valence-corrected chi connectivity index (χ1v) is 13.6. The third kappa shape index (κ3) is 4.88. The van der Waals surface area contributed by atoms with Crippen molar-refractivity contribution in [3.63, 3.8) is 0 Å². The van der Waals surface area contributed by atoms with Crippen LogP contribution in [0.15, 0.2) is 91.0 Å². The Morgan fingerprint density at radius 1 is 0.452 bits per heavy atom. The molecule has 0 atom stereocenters. The highest BCUT2D eigenvalue weighted by atomic mass is 15.2. The molecule has 3 N–H and O–H groups in total. The van der Waals surface area contributed by atoms with Crippen LogP contribution in [0.2, 0.25) is 0 Å². The predicted octanol–water partition coefficient (Wildman–Crippen LogP) is 6.97. The van der Waals surface area contributed by atoms with E-state index >= 15 is 0 Å². The topological polar surface area (TPSA) is 125 Å². The van der Waals surface area contributed by atoms with Gasteiger partial charge in [-0.1, -0.05) is 77.4 Å². The van der Waals surface area contributed by atoms with Crippen molar-refractivity contribution in [1.82, 2.24) is 45.5 Å². The van der Waals surface area contributed by atoms with Gasteiger partial charge in [-0.2, -0.15) is 10.2 Å². The molecule has 7 aromatic rings. The van der Waals surface area contributed by atoms with E-state index < -0.39 is 0 Å². The molecular weight excluding hydrogens is 522 g/mol. The van der Waals surface area contributed by atoms with E-state index in [1.165, 1.54) is 0 Å². The Balaban J connectivity index is 1.32. The normalized spacial score (nSPS) is 11.2. The lowest BCUT2D eigenvalue weighted by Gasteiger charge is -2.07. The van der Waals surface area contributed by atoms with Crippen LogP contribution in [0, 0.1) is 20.8 Å². The van der Waals surface area contributed by atoms with E-state index in [1.807, 2.05) is 54.6 Å². The minimum absolute atomic E-state index is 0.607. The van der Waals surface area contributed by atoms with Gasteiger partial charge in [-0.05, 0) is 51.1 Å². The van der Waals surface area contributed by atoms with Crippen molar-refractivity contribution in [2.45, 2.75) is 20.8 Å². The largest absolute Gasteiger partial charge is 0.321 e. The van der Waals surface area contributed by atoms with Crippen molar-refractivity contribution < 1.29 is 0 Å². The third-order valence-electron chi connectivity index (χ3n) is 7.10. The van der Waals surface area contributed by atoms with Gasteiger partial charge < -0.3 is 4.98 Å². The molecule has 0 bridgehead atoms. The second-order valence-electron chi connectivity index (χ2n) is 10.4. The van der Waals surface area contributed by atoms with Crippen LogP contribution in [0.1, 0.15) is 16.7 Å². The van der Waals surface area contributed by atoms with Crippen molar-refractivity contribution in [2.75, 3.05) is 0 Å². The summed E-state index contributed by atoms with van der Waals surface area (Å²) in [6.07, 6.45) is 0. The summed E-state index contributed by atoms with van der Waals surface area (Å²) in [5.41, 5.74) is 8.80. The summed E-state index contributed by atoms with van der Waals surface area (Å²) in [4.78, 5) is 13.1. The molecule has 0 saturated heterocycles. The molecule has 0 aliphatic rings. The van der Waals surface area contributed by atoms with Crippen LogP contribution >= 0.6 is 0 Å². The summed E-state index contributed by atoms with van der Waals surface area (Å²) in [6, 6.07) is 30.4. The number of aromatic amines is 3. The van der Waals surface area contributed by atoms with E-state index in [0.29, 0.717) is 34.9 Å². The summed E-state index contributed by atoms with van der Waals surface area (Å²) in [7, 11) is 0. The minimum Gasteiger partial charge on any atom is -0.321 e. The number of aromatic nitrogens is 9. The average Bonchev–Trinajstić information content (AvgIpc) is 3.78. The Kier molecular flexibility index (Phi) is 6.24. The molecule has 0 aliphatic carbocycles. The highest BCUT2D eigenvalue weighted by molar-refractivity contribution is 5.82. The number of hydrogen-bond acceptors (Lipinski definition) is 6. The summed E-state index contributed by atoms with van der Waals surface area (Å²) in [6.45, 7) is 6.16. The second-order valence-corrected chi connectivity index (χ2v) is 10.4. The lowest BCUT2D eigenvalue weighted by atomic mass is 10.0. The number of benzene rings is 4. The summed E-state index contributed by atoms with van der Waals surface area (Å²) >= 11 is 0. The van der Waals surface area contributed by atoms with E-state index in [2.05, 4.69) is 92.7 Å². The van der Waals surface area contributed by atoms with E-state index in [-0.39, 0.29) is 0 Å². The summed E-state index contributed by atoms with van der Waals surface area (Å²) in [5, 5.41) is 24.2. The van der Waals surface area contributed by atoms with Gasteiger partial charge in [-0.15, -0.1) is 10.2 Å². The smallest absolute Gasteiger partial charge is 0.181 e. The molecule has 3 aromatic heterocycles. The number of rotatable bonds is 6. The number of aryl methyl sites for hydroxylation is 3. The highest BCUT2D eigenvalue weighted by Crippen LogP contribution is 2.34. The monoisotopic (exact) mass is 549 g/mol. The van der Waals surface area contributed by atoms with Gasteiger partial charge in [-0.3, -0.25) is 10.2 Å². The first-order chi connectivity index (χ1) is 20.5. The maximum Gasteiger partial charge on any atom is 0.181 e. The molecule has 42 heavy (non-hydrogen) atoms. The lowest BCUT2D eigenvalue weighted by Crippen LogP contribution is -1.92. The number of H-pyrrole nitrogens is 3. The average molecular weight is 550 g/mol. The van der Waals surface area contributed by atoms with Gasteiger partial charge in [0.15, 0.2) is 34.9 Å². The molecule has 7 rings (SSSR count). The van der Waals surface area contributed by atoms with Crippen LogP contribution in [0.25, 0.3) is 68.3 Å². The van der Waals surface area contributed by atoms with Crippen LogP contribution < -0.4 is 0 Å². The molecule has 0 spiro atoms. The molecule has 4 aromatic carbocycles. The fraction of sp³-hybridized carbons (Fsp3) is 0.0909. The van der Waals surface area contributed by atoms with Crippen molar-refractivity contribution in [3.8, 4) is 68.3 Å². The summed E-state index contributed by atoms with van der Waals surface area (Å²) in [5.74, 6) is 3.83. The van der Waals surface area contributed by atoms with Crippen LogP contribution in [-0.4, -0.2) is 45.5 Å². The Morgan fingerprint density at radius 3 is 1.62 bits per heavy atom. The highest BCUT2D eigenvalue weighted by Gasteiger charge is 2.19. The van der Waals surface area contributed by atoms with Crippen LogP contribution in [0.4, 0.5) is 0 Å². The first kappa shape index (κ1) is 25.3. The van der Waals surface area contributed by atoms with Crippen molar-refractivity contribution >= 4 is 0 Å². The zero-order chi connectivity index (χ0) is 28.6. The fourth-order valence-electron chi connectivity index (χ4n) is 5.00. The van der Waals surface area contributed by atoms with Gasteiger partial charge >= 0.3 is 0 Å². The van der Waals surface area contributed by atoms with E-state index in [9.17, 15) is 0 Å². The Morgan fingerprint density at radius 2 is 0.976 bits per heavy atom. The number of nitrogens with zero attached hydrogens (tertiary/aromatic N) is 6. The molecule has 204 valence electrons. The zero-order valence-corrected chi connectivity index (χ0v) is 23.3. The number of nitrogens with one attached hydrogen (secondary N) is 3. The summed E-state index contributed by atoms with van der Waals surface area (Å²) < 4.78 is 0. The molecule has 9 nitrogen and oxygen atoms in total. The molecule has 0 radical (unpaired) electrons. The molecule has 0 unspecified atom stereocenters. The van der Waals surface area contributed by atoms with Crippen LogP contribution in [0.5, 0.6) is 0 Å². The van der Waals surface area contributed by atoms with Gasteiger partial charge in [0.25, 0.3) is 0 Å². The van der Waals surface area contributed by atoms with Gasteiger partial charge in [0.1, 0.15) is 0 Å². The van der Waals surface area contributed by atoms with Gasteiger partial charge in [-0.25, -0.2) is 9.97 Å². The molecule has 0 amide bonds. The standard InChI is InChI=1S/C33H27N9/c1-19-7-4-10-22(15-19)28-34-31(38-37-28)25-13-14-26(32-35-29(39-41-32)23-11-5-8-20(2)16-23)27(18-25)33-36-30(40-42-33)24-12-6-9-21(3)17-24/h4-18H,1-3H3,(H,34,37,38)(H,35,39,41)(H,36,40,42). The molecule has 0 saturated carbocycles. The van der Waals surface area contributed by atoms with Crippen molar-refractivity contribution in [3.05, 3.63) is 108 Å². The Hall–Kier alpha value is -5.70. The predicted molar refractivity (Wildman–Crippen MR) is 163 cm³/mol. The molecule has 0 aliphatic heterocycles. The maximum atomic E-state index is 4.88. The number of hydrogen-bond donors (Lipinski definition) is 3. The second kappa shape index (κ2) is 10.4.